The van der Waals surface area contributed by atoms with Gasteiger partial charge in [-0.1, -0.05) is 93.5 Å². The number of aliphatic imine (C=N–C) groups is 1. The molecule has 0 aliphatic carbocycles. The highest BCUT2D eigenvalue weighted by molar-refractivity contribution is 5.76. The quantitative estimate of drug-likeness (QED) is 0.465. The number of carboxylic acids is 1. The number of benzene rings is 1. The van der Waals surface area contributed by atoms with Crippen LogP contribution in [0.5, 0.6) is 0 Å². The van der Waals surface area contributed by atoms with Gasteiger partial charge >= 0.3 is 5.97 Å². The van der Waals surface area contributed by atoms with Gasteiger partial charge in [-0.25, -0.2) is 4.79 Å². The lowest BCUT2D eigenvalue weighted by molar-refractivity contribution is -0.139. The van der Waals surface area contributed by atoms with E-state index in [9.17, 15) is 4.79 Å². The van der Waals surface area contributed by atoms with E-state index in [0.29, 0.717) is 11.3 Å². The van der Waals surface area contributed by atoms with Gasteiger partial charge in [-0.15, -0.1) is 0 Å². The molecule has 2 atom stereocenters. The largest absolute Gasteiger partial charge is 0.480 e. The maximum Gasteiger partial charge on any atom is 0.328 e. The lowest BCUT2D eigenvalue weighted by atomic mass is 9.86. The highest BCUT2D eigenvalue weighted by Gasteiger charge is 2.19. The van der Waals surface area contributed by atoms with Crippen LogP contribution in [-0.4, -0.2) is 23.3 Å². The smallest absolute Gasteiger partial charge is 0.328 e. The highest BCUT2D eigenvalue weighted by Crippen LogP contribution is 2.23. The minimum atomic E-state index is -0.852. The van der Waals surface area contributed by atoms with Gasteiger partial charge in [-0.2, -0.15) is 0 Å². The Morgan fingerprint density at radius 2 is 1.52 bits per heavy atom. The van der Waals surface area contributed by atoms with Gasteiger partial charge in [0.15, 0.2) is 0 Å². The molecule has 0 aliphatic rings. The lowest BCUT2D eigenvalue weighted by Gasteiger charge is -2.19. The van der Waals surface area contributed by atoms with Crippen molar-refractivity contribution in [3.05, 3.63) is 35.4 Å². The number of carboxylic acid groups (broad SMARTS) is 1. The second-order valence-electron chi connectivity index (χ2n) is 10.6. The molecule has 2 unspecified atom stereocenters. The average molecular weight is 404 g/mol. The van der Waals surface area contributed by atoms with Crippen molar-refractivity contribution in [3.63, 3.8) is 0 Å². The fraction of sp³-hybridized carbons (Fsp3) is 0.692. The predicted octanol–water partition coefficient (Wildman–Crippen LogP) is 7.25. The van der Waals surface area contributed by atoms with E-state index >= 15 is 0 Å². The second kappa shape index (κ2) is 12.8. The predicted molar refractivity (Wildman–Crippen MR) is 127 cm³/mol. The van der Waals surface area contributed by atoms with Crippen molar-refractivity contribution in [2.75, 3.05) is 0 Å². The Balaban J connectivity index is 0.000000828. The van der Waals surface area contributed by atoms with Crippen LogP contribution in [0.15, 0.2) is 29.3 Å². The van der Waals surface area contributed by atoms with Gasteiger partial charge in [0.1, 0.15) is 6.04 Å². The van der Waals surface area contributed by atoms with Gasteiger partial charge in [0, 0.05) is 6.21 Å². The summed E-state index contributed by atoms with van der Waals surface area (Å²) in [5.41, 5.74) is 3.12. The number of carbonyl (C=O) groups is 1. The third-order valence-electron chi connectivity index (χ3n) is 4.61. The summed E-state index contributed by atoms with van der Waals surface area (Å²) in [7, 11) is 0. The molecule has 166 valence electrons. The molecule has 0 fully saturated rings. The van der Waals surface area contributed by atoms with E-state index in [0.717, 1.165) is 12.3 Å². The van der Waals surface area contributed by atoms with Gasteiger partial charge in [0.25, 0.3) is 0 Å². The number of aliphatic carboxylic acids is 1. The molecular weight excluding hydrogens is 358 g/mol. The van der Waals surface area contributed by atoms with Crippen molar-refractivity contribution in [2.24, 2.45) is 28.2 Å². The van der Waals surface area contributed by atoms with Crippen LogP contribution in [0.1, 0.15) is 92.7 Å². The van der Waals surface area contributed by atoms with Crippen molar-refractivity contribution in [3.8, 4) is 0 Å². The third kappa shape index (κ3) is 13.2. The molecule has 0 aromatic heterocycles. The van der Waals surface area contributed by atoms with Crippen LogP contribution < -0.4 is 0 Å². The van der Waals surface area contributed by atoms with Gasteiger partial charge in [0.2, 0.25) is 0 Å². The molecule has 3 heteroatoms. The molecule has 1 rings (SSSR count). The van der Waals surface area contributed by atoms with Crippen LogP contribution in [0.4, 0.5) is 0 Å². The van der Waals surface area contributed by atoms with Crippen LogP contribution in [-0.2, 0) is 11.2 Å². The summed E-state index contributed by atoms with van der Waals surface area (Å²) < 4.78 is 0. The molecule has 3 nitrogen and oxygen atoms in total. The Morgan fingerprint density at radius 1 is 1.00 bits per heavy atom. The first-order valence-electron chi connectivity index (χ1n) is 11.1. The van der Waals surface area contributed by atoms with Crippen LogP contribution in [0.3, 0.4) is 0 Å². The first kappa shape index (κ1) is 27.4. The molecule has 0 amide bonds. The fourth-order valence-corrected chi connectivity index (χ4v) is 3.45. The zero-order chi connectivity index (χ0) is 22.8. The van der Waals surface area contributed by atoms with Crippen LogP contribution >= 0.6 is 0 Å². The number of hydrogen-bond acceptors (Lipinski definition) is 2. The number of nitrogens with zero attached hydrogens (tertiary/aromatic N) is 1. The molecule has 0 heterocycles. The van der Waals surface area contributed by atoms with E-state index < -0.39 is 12.0 Å². The minimum Gasteiger partial charge on any atom is -0.480 e. The van der Waals surface area contributed by atoms with Crippen molar-refractivity contribution in [2.45, 2.75) is 94.0 Å². The number of rotatable bonds is 8. The molecule has 0 bridgehead atoms. The standard InChI is InChI=1S/C18H27NO2.C8H18/c1-12(2)16-8-6-15(7-9-16)10-14(5)11-19-17(13(3)4)18(20)21;1-7(2)6-8(3,4)5/h6-9,11-14,17H,10H2,1-5H3,(H,20,21);7H,6H2,1-5H3. The summed E-state index contributed by atoms with van der Waals surface area (Å²) in [6.45, 7) is 21.6. The monoisotopic (exact) mass is 403 g/mol. The first-order valence-corrected chi connectivity index (χ1v) is 11.1. The van der Waals surface area contributed by atoms with Gasteiger partial charge < -0.3 is 5.11 Å². The minimum absolute atomic E-state index is 0.0104. The average Bonchev–Trinajstić information content (AvgIpc) is 2.53. The summed E-state index contributed by atoms with van der Waals surface area (Å²) in [6.07, 6.45) is 3.99. The maximum atomic E-state index is 11.1. The zero-order valence-corrected chi connectivity index (χ0v) is 20.5. The topological polar surface area (TPSA) is 49.7 Å². The van der Waals surface area contributed by atoms with E-state index in [-0.39, 0.29) is 11.8 Å². The van der Waals surface area contributed by atoms with Crippen molar-refractivity contribution in [1.82, 2.24) is 0 Å². The van der Waals surface area contributed by atoms with E-state index in [4.69, 9.17) is 5.11 Å². The summed E-state index contributed by atoms with van der Waals surface area (Å²) in [4.78, 5) is 15.3. The number of hydrogen-bond donors (Lipinski definition) is 1. The molecule has 0 saturated heterocycles. The van der Waals surface area contributed by atoms with Crippen LogP contribution in [0, 0.1) is 23.2 Å². The Hall–Kier alpha value is -1.64. The summed E-state index contributed by atoms with van der Waals surface area (Å²) in [5, 5.41) is 9.12. The molecular formula is C26H45NO2. The van der Waals surface area contributed by atoms with Crippen LogP contribution in [0.25, 0.3) is 0 Å². The SMILES string of the molecule is CC(C)CC(C)(C)C.CC(C=NC(C(=O)O)C(C)C)Cc1ccc(C(C)C)cc1. The summed E-state index contributed by atoms with van der Waals surface area (Å²) >= 11 is 0. The van der Waals surface area contributed by atoms with E-state index in [1.807, 2.05) is 13.8 Å². The Kier molecular flexibility index (Phi) is 12.1. The van der Waals surface area contributed by atoms with E-state index in [1.54, 1.807) is 6.21 Å². The second-order valence-corrected chi connectivity index (χ2v) is 10.6. The molecule has 1 aromatic carbocycles. The maximum absolute atomic E-state index is 11.1. The molecule has 29 heavy (non-hydrogen) atoms. The Bertz CT molecular complexity index is 607. The molecule has 0 saturated carbocycles. The molecule has 1 aromatic rings. The third-order valence-corrected chi connectivity index (χ3v) is 4.61. The van der Waals surface area contributed by atoms with Crippen LogP contribution in [0.2, 0.25) is 0 Å². The Labute approximate surface area is 180 Å². The molecule has 0 spiro atoms. The van der Waals surface area contributed by atoms with E-state index in [1.165, 1.54) is 17.5 Å². The Morgan fingerprint density at radius 3 is 1.83 bits per heavy atom. The lowest BCUT2D eigenvalue weighted by Crippen LogP contribution is -2.24. The molecule has 1 N–H and O–H groups in total. The molecule has 0 aliphatic heterocycles. The van der Waals surface area contributed by atoms with Gasteiger partial charge in [-0.05, 0) is 53.1 Å². The van der Waals surface area contributed by atoms with Crippen molar-refractivity contribution in [1.29, 1.82) is 0 Å². The van der Waals surface area contributed by atoms with Gasteiger partial charge in [-0.3, -0.25) is 4.99 Å². The molecule has 0 radical (unpaired) electrons. The van der Waals surface area contributed by atoms with Crippen molar-refractivity contribution < 1.29 is 9.90 Å². The van der Waals surface area contributed by atoms with Crippen molar-refractivity contribution >= 4 is 12.2 Å². The van der Waals surface area contributed by atoms with Gasteiger partial charge in [0.05, 0.1) is 0 Å². The van der Waals surface area contributed by atoms with E-state index in [2.05, 4.69) is 84.6 Å². The summed E-state index contributed by atoms with van der Waals surface area (Å²) in [5.74, 6) is 0.775. The highest BCUT2D eigenvalue weighted by atomic mass is 16.4. The first-order chi connectivity index (χ1) is 13.2. The zero-order valence-electron chi connectivity index (χ0n) is 20.5. The fourth-order valence-electron chi connectivity index (χ4n) is 3.45. The summed E-state index contributed by atoms with van der Waals surface area (Å²) in [6, 6.07) is 7.99. The normalized spacial score (nSPS) is 14.2.